The van der Waals surface area contributed by atoms with E-state index in [0.29, 0.717) is 12.0 Å². The maximum atomic E-state index is 5.89. The van der Waals surface area contributed by atoms with Crippen LogP contribution in [0.15, 0.2) is 0 Å². The van der Waals surface area contributed by atoms with Crippen LogP contribution in [0.2, 0.25) is 0 Å². The average Bonchev–Trinajstić information content (AvgIpc) is 2.32. The summed E-state index contributed by atoms with van der Waals surface area (Å²) >= 11 is 0. The summed E-state index contributed by atoms with van der Waals surface area (Å²) in [5.74, 6) is 0.690. The van der Waals surface area contributed by atoms with Crippen molar-refractivity contribution in [3.63, 3.8) is 0 Å². The zero-order chi connectivity index (χ0) is 10.9. The van der Waals surface area contributed by atoms with Gasteiger partial charge in [0.15, 0.2) is 0 Å². The van der Waals surface area contributed by atoms with Gasteiger partial charge in [0.2, 0.25) is 0 Å². The molecule has 0 aliphatic heterocycles. The molecule has 1 heterocycles. The number of anilines is 1. The molecule has 2 N–H and O–H groups in total. The van der Waals surface area contributed by atoms with Crippen LogP contribution >= 0.6 is 0 Å². The van der Waals surface area contributed by atoms with E-state index in [2.05, 4.69) is 25.9 Å². The van der Waals surface area contributed by atoms with Crippen LogP contribution in [0.1, 0.15) is 44.6 Å². The van der Waals surface area contributed by atoms with Gasteiger partial charge in [0, 0.05) is 6.04 Å². The molecular formula is C11H21N3. The number of nitrogens with zero attached hydrogens (tertiary/aromatic N) is 2. The molecule has 0 saturated heterocycles. The van der Waals surface area contributed by atoms with Crippen LogP contribution in [0.4, 0.5) is 5.69 Å². The predicted molar refractivity (Wildman–Crippen MR) is 60.3 cm³/mol. The summed E-state index contributed by atoms with van der Waals surface area (Å²) in [4.78, 5) is 0. The van der Waals surface area contributed by atoms with Gasteiger partial charge in [-0.3, -0.25) is 4.68 Å². The normalized spacial score (nSPS) is 13.6. The first-order chi connectivity index (χ1) is 6.43. The van der Waals surface area contributed by atoms with Gasteiger partial charge in [-0.2, -0.15) is 5.10 Å². The van der Waals surface area contributed by atoms with Crippen molar-refractivity contribution in [3.8, 4) is 0 Å². The van der Waals surface area contributed by atoms with E-state index in [1.165, 1.54) is 0 Å². The molecule has 0 fully saturated rings. The highest BCUT2D eigenvalue weighted by Gasteiger charge is 2.14. The Hall–Kier alpha value is -0.990. The van der Waals surface area contributed by atoms with Crippen molar-refractivity contribution in [1.82, 2.24) is 9.78 Å². The van der Waals surface area contributed by atoms with Crippen LogP contribution in [-0.2, 0) is 0 Å². The maximum Gasteiger partial charge on any atom is 0.0826 e. The molecule has 3 heteroatoms. The van der Waals surface area contributed by atoms with Crippen LogP contribution in [0.5, 0.6) is 0 Å². The van der Waals surface area contributed by atoms with E-state index in [4.69, 9.17) is 5.73 Å². The van der Waals surface area contributed by atoms with E-state index in [-0.39, 0.29) is 0 Å². The highest BCUT2D eigenvalue weighted by molar-refractivity contribution is 5.46. The summed E-state index contributed by atoms with van der Waals surface area (Å²) in [6.07, 6.45) is 1.14. The van der Waals surface area contributed by atoms with Gasteiger partial charge in [0.05, 0.1) is 17.1 Å². The highest BCUT2D eigenvalue weighted by Crippen LogP contribution is 2.23. The highest BCUT2D eigenvalue weighted by atomic mass is 15.3. The molecule has 3 nitrogen and oxygen atoms in total. The van der Waals surface area contributed by atoms with E-state index in [1.54, 1.807) is 0 Å². The second-order valence-electron chi connectivity index (χ2n) is 4.51. The Bertz CT molecular complexity index is 313. The summed E-state index contributed by atoms with van der Waals surface area (Å²) in [7, 11) is 0. The lowest BCUT2D eigenvalue weighted by Crippen LogP contribution is -2.11. The van der Waals surface area contributed by atoms with Gasteiger partial charge in [0.25, 0.3) is 0 Å². The van der Waals surface area contributed by atoms with E-state index >= 15 is 0 Å². The topological polar surface area (TPSA) is 43.8 Å². The van der Waals surface area contributed by atoms with Crippen molar-refractivity contribution >= 4 is 5.69 Å². The first-order valence-corrected chi connectivity index (χ1v) is 5.24. The van der Waals surface area contributed by atoms with Gasteiger partial charge >= 0.3 is 0 Å². The summed E-state index contributed by atoms with van der Waals surface area (Å²) in [6, 6.07) is 0.436. The summed E-state index contributed by atoms with van der Waals surface area (Å²) in [5, 5.41) is 4.45. The van der Waals surface area contributed by atoms with Crippen molar-refractivity contribution in [1.29, 1.82) is 0 Å². The van der Waals surface area contributed by atoms with E-state index in [0.717, 1.165) is 23.5 Å². The average molecular weight is 195 g/mol. The molecule has 0 radical (unpaired) electrons. The molecule has 0 aliphatic carbocycles. The molecule has 0 amide bonds. The quantitative estimate of drug-likeness (QED) is 0.805. The Morgan fingerprint density at radius 3 is 2.21 bits per heavy atom. The maximum absolute atomic E-state index is 5.89. The van der Waals surface area contributed by atoms with Gasteiger partial charge in [-0.05, 0) is 33.1 Å². The number of nitrogens with two attached hydrogens (primary N) is 1. The third kappa shape index (κ3) is 2.08. The first-order valence-electron chi connectivity index (χ1n) is 5.24. The minimum Gasteiger partial charge on any atom is -0.396 e. The fraction of sp³-hybridized carbons (Fsp3) is 0.727. The van der Waals surface area contributed by atoms with Crippen LogP contribution < -0.4 is 5.73 Å². The van der Waals surface area contributed by atoms with Crippen molar-refractivity contribution in [2.24, 2.45) is 5.92 Å². The van der Waals surface area contributed by atoms with Gasteiger partial charge < -0.3 is 5.73 Å². The smallest absolute Gasteiger partial charge is 0.0826 e. The monoisotopic (exact) mass is 195 g/mol. The predicted octanol–water partition coefficient (Wildman–Crippen LogP) is 2.69. The molecule has 0 spiro atoms. The molecule has 0 aromatic carbocycles. The van der Waals surface area contributed by atoms with Crippen LogP contribution in [0.3, 0.4) is 0 Å². The zero-order valence-electron chi connectivity index (χ0n) is 9.83. The Labute approximate surface area is 86.3 Å². The molecule has 1 aromatic heterocycles. The molecule has 1 rings (SSSR count). The molecule has 1 unspecified atom stereocenters. The van der Waals surface area contributed by atoms with Crippen molar-refractivity contribution in [2.75, 3.05) is 5.73 Å². The van der Waals surface area contributed by atoms with Crippen LogP contribution in [0.25, 0.3) is 0 Å². The second kappa shape index (κ2) is 4.03. The standard InChI is InChI=1S/C11H21N3/c1-7(2)6-8(3)14-10(5)11(12)9(4)13-14/h7-8H,6,12H2,1-5H3. The van der Waals surface area contributed by atoms with E-state index < -0.39 is 0 Å². The Kier molecular flexibility index (Phi) is 3.19. The molecule has 0 bridgehead atoms. The lowest BCUT2D eigenvalue weighted by atomic mass is 10.1. The fourth-order valence-corrected chi connectivity index (χ4v) is 1.89. The van der Waals surface area contributed by atoms with E-state index in [9.17, 15) is 0 Å². The van der Waals surface area contributed by atoms with Gasteiger partial charge in [-0.15, -0.1) is 0 Å². The second-order valence-corrected chi connectivity index (χ2v) is 4.51. The Balaban J connectivity index is 2.90. The Morgan fingerprint density at radius 1 is 1.29 bits per heavy atom. The molecule has 14 heavy (non-hydrogen) atoms. The van der Waals surface area contributed by atoms with E-state index in [1.807, 2.05) is 18.5 Å². The number of rotatable bonds is 3. The number of hydrogen-bond acceptors (Lipinski definition) is 2. The summed E-state index contributed by atoms with van der Waals surface area (Å²) in [6.45, 7) is 10.6. The minimum absolute atomic E-state index is 0.436. The van der Waals surface area contributed by atoms with Crippen molar-refractivity contribution in [2.45, 2.75) is 47.1 Å². The third-order valence-corrected chi connectivity index (χ3v) is 2.61. The third-order valence-electron chi connectivity index (χ3n) is 2.61. The molecule has 1 atom stereocenters. The lowest BCUT2D eigenvalue weighted by molar-refractivity contribution is 0.391. The van der Waals surface area contributed by atoms with Crippen molar-refractivity contribution < 1.29 is 0 Å². The molecule has 80 valence electrons. The van der Waals surface area contributed by atoms with Gasteiger partial charge in [0.1, 0.15) is 0 Å². The summed E-state index contributed by atoms with van der Waals surface area (Å²) < 4.78 is 2.05. The molecule has 0 aliphatic rings. The number of nitrogen functional groups attached to an aromatic ring is 1. The number of aryl methyl sites for hydroxylation is 1. The largest absolute Gasteiger partial charge is 0.396 e. The number of aromatic nitrogens is 2. The Morgan fingerprint density at radius 2 is 1.86 bits per heavy atom. The number of hydrogen-bond donors (Lipinski definition) is 1. The van der Waals surface area contributed by atoms with Gasteiger partial charge in [-0.1, -0.05) is 13.8 Å². The first kappa shape index (κ1) is 11.1. The summed E-state index contributed by atoms with van der Waals surface area (Å²) in [5.41, 5.74) is 8.76. The van der Waals surface area contributed by atoms with Gasteiger partial charge in [-0.25, -0.2) is 0 Å². The fourth-order valence-electron chi connectivity index (χ4n) is 1.89. The lowest BCUT2D eigenvalue weighted by Gasteiger charge is -2.16. The molecular weight excluding hydrogens is 174 g/mol. The molecule has 0 saturated carbocycles. The molecule has 1 aromatic rings. The van der Waals surface area contributed by atoms with Crippen LogP contribution in [0, 0.1) is 19.8 Å². The van der Waals surface area contributed by atoms with Crippen LogP contribution in [-0.4, -0.2) is 9.78 Å². The zero-order valence-corrected chi connectivity index (χ0v) is 9.83. The SMILES string of the molecule is Cc1nn(C(C)CC(C)C)c(C)c1N. The van der Waals surface area contributed by atoms with Crippen molar-refractivity contribution in [3.05, 3.63) is 11.4 Å². The minimum atomic E-state index is 0.436.